The number of carbonyl (C=O) groups excluding carboxylic acids is 2. The summed E-state index contributed by atoms with van der Waals surface area (Å²) in [7, 11) is 1.68. The van der Waals surface area contributed by atoms with Crippen LogP contribution in [0.15, 0.2) is 176 Å². The highest BCUT2D eigenvalue weighted by Crippen LogP contribution is 2.37. The van der Waals surface area contributed by atoms with Gasteiger partial charge in [-0.05, 0) is 126 Å². The zero-order chi connectivity index (χ0) is 41.0. The minimum atomic E-state index is -0.643. The fourth-order valence-corrected chi connectivity index (χ4v) is 6.45. The standard InChI is InChI=1S/C52H44N2O5/c1-38-9-23-45(24-10-38)54(48-29-33-50(57-3)34-30-48)47-27-21-43(22-28-47)18-16-41-13-11-40(12-14-41)15-17-42-19-25-46(26-20-42)53(44-7-5-4-6-8-44)49-31-35-51(36-32-49)59-52(56)37-58-39(2)55/h4-36H,37H2,1-3H3/b17-15+,18-16+. The van der Waals surface area contributed by atoms with E-state index in [9.17, 15) is 9.59 Å². The first-order valence-corrected chi connectivity index (χ1v) is 19.3. The largest absolute Gasteiger partial charge is 0.497 e. The van der Waals surface area contributed by atoms with Crippen LogP contribution in [0.5, 0.6) is 11.5 Å². The van der Waals surface area contributed by atoms with E-state index < -0.39 is 18.5 Å². The molecule has 0 heterocycles. The zero-order valence-electron chi connectivity index (χ0n) is 33.2. The molecule has 0 aromatic heterocycles. The monoisotopic (exact) mass is 776 g/mol. The predicted octanol–water partition coefficient (Wildman–Crippen LogP) is 12.8. The van der Waals surface area contributed by atoms with Crippen molar-refractivity contribution in [2.75, 3.05) is 23.5 Å². The maximum atomic E-state index is 12.0. The number of para-hydroxylation sites is 1. The van der Waals surface area contributed by atoms with E-state index in [-0.39, 0.29) is 0 Å². The van der Waals surface area contributed by atoms with Gasteiger partial charge in [0.05, 0.1) is 7.11 Å². The lowest BCUT2D eigenvalue weighted by molar-refractivity contribution is -0.152. The molecule has 7 aromatic carbocycles. The van der Waals surface area contributed by atoms with E-state index in [0.29, 0.717) is 5.75 Å². The second-order valence-electron chi connectivity index (χ2n) is 13.8. The van der Waals surface area contributed by atoms with Crippen LogP contribution in [-0.2, 0) is 14.3 Å². The molecular weight excluding hydrogens is 733 g/mol. The Morgan fingerprint density at radius 1 is 0.458 bits per heavy atom. The lowest BCUT2D eigenvalue weighted by atomic mass is 10.1. The summed E-state index contributed by atoms with van der Waals surface area (Å²) in [5, 5.41) is 0. The fraction of sp³-hybridized carbons (Fsp3) is 0.0769. The molecule has 0 saturated carbocycles. The summed E-state index contributed by atoms with van der Waals surface area (Å²) >= 11 is 0. The maximum absolute atomic E-state index is 12.0. The molecule has 0 atom stereocenters. The molecule has 0 spiro atoms. The van der Waals surface area contributed by atoms with Gasteiger partial charge in [0.1, 0.15) is 11.5 Å². The van der Waals surface area contributed by atoms with Crippen molar-refractivity contribution < 1.29 is 23.8 Å². The Morgan fingerprint density at radius 2 is 0.797 bits per heavy atom. The first-order valence-electron chi connectivity index (χ1n) is 19.3. The summed E-state index contributed by atoms with van der Waals surface area (Å²) in [6, 6.07) is 59.4. The molecule has 0 saturated heterocycles. The van der Waals surface area contributed by atoms with Crippen LogP contribution in [0.25, 0.3) is 24.3 Å². The number of aryl methyl sites for hydroxylation is 1. The number of ether oxygens (including phenoxy) is 3. The zero-order valence-corrected chi connectivity index (χ0v) is 33.2. The van der Waals surface area contributed by atoms with Gasteiger partial charge in [-0.15, -0.1) is 0 Å². The molecule has 0 bridgehead atoms. The van der Waals surface area contributed by atoms with E-state index in [4.69, 9.17) is 14.2 Å². The van der Waals surface area contributed by atoms with E-state index >= 15 is 0 Å². The van der Waals surface area contributed by atoms with Gasteiger partial charge in [0.25, 0.3) is 0 Å². The Balaban J connectivity index is 0.998. The van der Waals surface area contributed by atoms with Crippen LogP contribution >= 0.6 is 0 Å². The van der Waals surface area contributed by atoms with Crippen LogP contribution in [0.3, 0.4) is 0 Å². The van der Waals surface area contributed by atoms with E-state index in [1.807, 2.05) is 54.6 Å². The smallest absolute Gasteiger partial charge is 0.349 e. The molecule has 0 unspecified atom stereocenters. The third-order valence-corrected chi connectivity index (χ3v) is 9.53. The van der Waals surface area contributed by atoms with Crippen LogP contribution in [0.1, 0.15) is 34.7 Å². The first-order chi connectivity index (χ1) is 28.8. The number of methoxy groups -OCH3 is 1. The van der Waals surface area contributed by atoms with Crippen LogP contribution in [-0.4, -0.2) is 25.7 Å². The number of rotatable bonds is 14. The lowest BCUT2D eigenvalue weighted by Crippen LogP contribution is -2.17. The fourth-order valence-electron chi connectivity index (χ4n) is 6.45. The van der Waals surface area contributed by atoms with Crippen molar-refractivity contribution in [2.45, 2.75) is 13.8 Å². The number of esters is 2. The topological polar surface area (TPSA) is 68.3 Å². The molecule has 59 heavy (non-hydrogen) atoms. The van der Waals surface area contributed by atoms with E-state index in [2.05, 4.69) is 150 Å². The molecule has 292 valence electrons. The third kappa shape index (κ3) is 10.6. The van der Waals surface area contributed by atoms with E-state index in [1.54, 1.807) is 19.2 Å². The highest BCUT2D eigenvalue weighted by molar-refractivity contribution is 5.81. The molecule has 0 aliphatic heterocycles. The van der Waals surface area contributed by atoms with Crippen molar-refractivity contribution >= 4 is 70.4 Å². The second-order valence-corrected chi connectivity index (χ2v) is 13.8. The van der Waals surface area contributed by atoms with Crippen molar-refractivity contribution in [1.82, 2.24) is 0 Å². The van der Waals surface area contributed by atoms with Crippen LogP contribution in [0.2, 0.25) is 0 Å². The lowest BCUT2D eigenvalue weighted by Gasteiger charge is -2.26. The highest BCUT2D eigenvalue weighted by Gasteiger charge is 2.15. The van der Waals surface area contributed by atoms with E-state index in [0.717, 1.165) is 62.1 Å². The molecule has 0 amide bonds. The van der Waals surface area contributed by atoms with Gasteiger partial charge >= 0.3 is 11.9 Å². The minimum absolute atomic E-state index is 0.362. The summed E-state index contributed by atoms with van der Waals surface area (Å²) in [4.78, 5) is 27.4. The van der Waals surface area contributed by atoms with Crippen LogP contribution in [0, 0.1) is 6.92 Å². The van der Waals surface area contributed by atoms with Crippen molar-refractivity contribution in [3.8, 4) is 11.5 Å². The Kier molecular flexibility index (Phi) is 12.7. The Morgan fingerprint density at radius 3 is 1.19 bits per heavy atom. The first kappa shape index (κ1) is 39.6. The third-order valence-electron chi connectivity index (χ3n) is 9.53. The number of nitrogens with zero attached hydrogens (tertiary/aromatic N) is 2. The van der Waals surface area contributed by atoms with Gasteiger partial charge in [-0.1, -0.05) is 109 Å². The van der Waals surface area contributed by atoms with Crippen molar-refractivity contribution in [1.29, 1.82) is 0 Å². The SMILES string of the molecule is COc1ccc(N(c2ccc(C)cc2)c2ccc(/C=C/c3ccc(/C=C/c4ccc(N(c5ccccc5)c5ccc(OC(=O)COC(C)=O)cc5)cc4)cc3)cc2)cc1. The van der Waals surface area contributed by atoms with Gasteiger partial charge < -0.3 is 24.0 Å². The van der Waals surface area contributed by atoms with Gasteiger partial charge in [0.15, 0.2) is 6.61 Å². The Labute approximate surface area is 345 Å². The van der Waals surface area contributed by atoms with Crippen LogP contribution in [0.4, 0.5) is 34.1 Å². The number of anilines is 6. The summed E-state index contributed by atoms with van der Waals surface area (Å²) in [5.74, 6) is 0.00445. The quantitative estimate of drug-likeness (QED) is 0.0619. The Hall–Kier alpha value is -7.64. The molecule has 7 heteroatoms. The minimum Gasteiger partial charge on any atom is -0.497 e. The highest BCUT2D eigenvalue weighted by atomic mass is 16.6. The van der Waals surface area contributed by atoms with Crippen molar-refractivity contribution in [2.24, 2.45) is 0 Å². The van der Waals surface area contributed by atoms with Gasteiger partial charge in [-0.25, -0.2) is 4.79 Å². The molecule has 7 nitrogen and oxygen atoms in total. The second kappa shape index (κ2) is 19.0. The molecule has 0 aliphatic carbocycles. The van der Waals surface area contributed by atoms with E-state index in [1.165, 1.54) is 12.5 Å². The summed E-state index contributed by atoms with van der Waals surface area (Å²) < 4.78 is 15.4. The van der Waals surface area contributed by atoms with Crippen molar-refractivity contribution in [3.63, 3.8) is 0 Å². The van der Waals surface area contributed by atoms with Gasteiger partial charge in [0.2, 0.25) is 0 Å². The summed E-state index contributed by atoms with van der Waals surface area (Å²) in [6.45, 7) is 2.91. The molecule has 7 rings (SSSR count). The molecule has 0 N–H and O–H groups in total. The predicted molar refractivity (Wildman–Crippen MR) is 240 cm³/mol. The van der Waals surface area contributed by atoms with Gasteiger partial charge in [0, 0.05) is 41.0 Å². The number of hydrogen-bond donors (Lipinski definition) is 0. The van der Waals surface area contributed by atoms with Gasteiger partial charge in [-0.3, -0.25) is 4.79 Å². The average Bonchev–Trinajstić information content (AvgIpc) is 3.27. The van der Waals surface area contributed by atoms with Crippen molar-refractivity contribution in [3.05, 3.63) is 204 Å². The number of carbonyl (C=O) groups is 2. The molecular formula is C52H44N2O5. The summed E-state index contributed by atoms with van der Waals surface area (Å²) in [6.07, 6.45) is 8.48. The Bertz CT molecular complexity index is 2510. The van der Waals surface area contributed by atoms with Gasteiger partial charge in [-0.2, -0.15) is 0 Å². The molecule has 7 aromatic rings. The molecule has 0 radical (unpaired) electrons. The average molecular weight is 777 g/mol. The maximum Gasteiger partial charge on any atom is 0.349 e. The number of hydrogen-bond acceptors (Lipinski definition) is 7. The molecule has 0 aliphatic rings. The molecule has 0 fully saturated rings. The normalized spacial score (nSPS) is 11.0. The number of benzene rings is 7. The summed E-state index contributed by atoms with van der Waals surface area (Å²) in [5.41, 5.74) is 11.7. The van der Waals surface area contributed by atoms with Crippen LogP contribution < -0.4 is 19.3 Å².